The first-order chi connectivity index (χ1) is 18.2. The minimum absolute atomic E-state index is 0.145. The first-order valence-corrected chi connectivity index (χ1v) is 12.7. The minimum atomic E-state index is -0.469. The highest BCUT2D eigenvalue weighted by molar-refractivity contribution is 6.03. The molecule has 3 aromatic carbocycles. The molecule has 2 N–H and O–H groups in total. The summed E-state index contributed by atoms with van der Waals surface area (Å²) in [5, 5.41) is 6.09. The Balaban J connectivity index is 1.42. The summed E-state index contributed by atoms with van der Waals surface area (Å²) in [5.41, 5.74) is 4.79. The topological polar surface area (TPSA) is 74.3 Å². The molecule has 0 spiro atoms. The second-order valence-electron chi connectivity index (χ2n) is 9.21. The van der Waals surface area contributed by atoms with Crippen molar-refractivity contribution in [2.75, 3.05) is 23.3 Å². The molecule has 0 saturated carbocycles. The molecule has 0 aliphatic carbocycles. The van der Waals surface area contributed by atoms with E-state index in [0.717, 1.165) is 48.3 Å². The summed E-state index contributed by atoms with van der Waals surface area (Å²) < 4.78 is 0. The summed E-state index contributed by atoms with van der Waals surface area (Å²) in [6.45, 7) is 2.21. The second-order valence-corrected chi connectivity index (χ2v) is 9.21. The molecule has 2 amide bonds. The first-order valence-electron chi connectivity index (χ1n) is 12.7. The lowest BCUT2D eigenvalue weighted by Crippen LogP contribution is -2.28. The van der Waals surface area contributed by atoms with Gasteiger partial charge >= 0.3 is 0 Å². The number of anilines is 2. The normalized spacial score (nSPS) is 12.9. The number of nitrogens with one attached hydrogen (secondary N) is 2. The third-order valence-corrected chi connectivity index (χ3v) is 6.66. The van der Waals surface area contributed by atoms with Crippen molar-refractivity contribution >= 4 is 23.2 Å². The van der Waals surface area contributed by atoms with Gasteiger partial charge in [0, 0.05) is 43.4 Å². The molecule has 186 valence electrons. The van der Waals surface area contributed by atoms with Crippen molar-refractivity contribution in [3.63, 3.8) is 0 Å². The Hall–Kier alpha value is -4.45. The Labute approximate surface area is 217 Å². The summed E-state index contributed by atoms with van der Waals surface area (Å²) in [5.74, 6) is -0.791. The minimum Gasteiger partial charge on any atom is -0.371 e. The average molecular weight is 491 g/mol. The third kappa shape index (κ3) is 5.86. The summed E-state index contributed by atoms with van der Waals surface area (Å²) >= 11 is 0. The van der Waals surface area contributed by atoms with Crippen LogP contribution in [0.3, 0.4) is 0 Å². The smallest absolute Gasteiger partial charge is 0.253 e. The van der Waals surface area contributed by atoms with Crippen LogP contribution in [0.15, 0.2) is 103 Å². The standard InChI is InChI=1S/C31H30N4O2/c36-30(33-22-23-10-9-17-32-21-23)27-20-26(15-16-28(27)35-18-7-8-19-35)34-31(37)29(24-11-3-1-4-12-24)25-13-5-2-6-14-25/h1-6,9-17,20-21,29H,7-8,18-19,22H2,(H,33,36)(H,34,37). The fraction of sp³-hybridized carbons (Fsp3) is 0.194. The molecule has 1 saturated heterocycles. The molecule has 0 bridgehead atoms. The van der Waals surface area contributed by atoms with Gasteiger partial charge in [-0.15, -0.1) is 0 Å². The van der Waals surface area contributed by atoms with Crippen LogP contribution in [0.25, 0.3) is 0 Å². The lowest BCUT2D eigenvalue weighted by Gasteiger charge is -2.23. The maximum Gasteiger partial charge on any atom is 0.253 e. The highest BCUT2D eigenvalue weighted by atomic mass is 16.2. The third-order valence-electron chi connectivity index (χ3n) is 6.66. The maximum atomic E-state index is 13.6. The Kier molecular flexibility index (Phi) is 7.55. The summed E-state index contributed by atoms with van der Waals surface area (Å²) in [4.78, 5) is 33.3. The molecule has 0 unspecified atom stereocenters. The molecule has 0 radical (unpaired) electrons. The van der Waals surface area contributed by atoms with E-state index >= 15 is 0 Å². The highest BCUT2D eigenvalue weighted by Crippen LogP contribution is 2.30. The zero-order chi connectivity index (χ0) is 25.5. The van der Waals surface area contributed by atoms with Crippen molar-refractivity contribution in [1.82, 2.24) is 10.3 Å². The number of benzene rings is 3. The van der Waals surface area contributed by atoms with Gasteiger partial charge in [0.15, 0.2) is 0 Å². The van der Waals surface area contributed by atoms with E-state index in [-0.39, 0.29) is 11.8 Å². The van der Waals surface area contributed by atoms with Crippen LogP contribution < -0.4 is 15.5 Å². The maximum absolute atomic E-state index is 13.6. The van der Waals surface area contributed by atoms with Gasteiger partial charge in [-0.05, 0) is 53.8 Å². The van der Waals surface area contributed by atoms with Gasteiger partial charge in [0.05, 0.1) is 11.5 Å². The number of pyridine rings is 1. The number of aromatic nitrogens is 1. The van der Waals surface area contributed by atoms with E-state index < -0.39 is 5.92 Å². The SMILES string of the molecule is O=C(NCc1cccnc1)c1cc(NC(=O)C(c2ccccc2)c2ccccc2)ccc1N1CCCC1. The Morgan fingerprint density at radius 1 is 0.838 bits per heavy atom. The monoisotopic (exact) mass is 490 g/mol. The van der Waals surface area contributed by atoms with Gasteiger partial charge in [0.1, 0.15) is 0 Å². The number of rotatable bonds is 8. The van der Waals surface area contributed by atoms with Gasteiger partial charge in [-0.3, -0.25) is 14.6 Å². The molecule has 4 aromatic rings. The molecule has 6 heteroatoms. The van der Waals surface area contributed by atoms with E-state index in [9.17, 15) is 9.59 Å². The molecule has 1 aliphatic rings. The van der Waals surface area contributed by atoms with Gasteiger partial charge in [0.25, 0.3) is 5.91 Å². The van der Waals surface area contributed by atoms with Crippen LogP contribution in [0.4, 0.5) is 11.4 Å². The zero-order valence-corrected chi connectivity index (χ0v) is 20.6. The number of carbonyl (C=O) groups is 2. The van der Waals surface area contributed by atoms with Crippen molar-refractivity contribution in [1.29, 1.82) is 0 Å². The van der Waals surface area contributed by atoms with Gasteiger partial charge < -0.3 is 15.5 Å². The van der Waals surface area contributed by atoms with Crippen molar-refractivity contribution < 1.29 is 9.59 Å². The lowest BCUT2D eigenvalue weighted by molar-refractivity contribution is -0.116. The Bertz CT molecular complexity index is 1300. The van der Waals surface area contributed by atoms with Gasteiger partial charge in [0.2, 0.25) is 5.91 Å². The number of carbonyl (C=O) groups excluding carboxylic acids is 2. The fourth-order valence-electron chi connectivity index (χ4n) is 4.81. The van der Waals surface area contributed by atoms with E-state index in [1.54, 1.807) is 18.5 Å². The Morgan fingerprint density at radius 2 is 1.51 bits per heavy atom. The molecule has 1 aromatic heterocycles. The van der Waals surface area contributed by atoms with Crippen molar-refractivity contribution in [3.05, 3.63) is 126 Å². The van der Waals surface area contributed by atoms with Gasteiger partial charge in [-0.2, -0.15) is 0 Å². The molecule has 2 heterocycles. The van der Waals surface area contributed by atoms with E-state index in [1.807, 2.05) is 84.9 Å². The van der Waals surface area contributed by atoms with E-state index in [1.165, 1.54) is 0 Å². The quantitative estimate of drug-likeness (QED) is 0.348. The predicted octanol–water partition coefficient (Wildman–Crippen LogP) is 5.38. The summed E-state index contributed by atoms with van der Waals surface area (Å²) in [6.07, 6.45) is 5.66. The van der Waals surface area contributed by atoms with E-state index in [2.05, 4.69) is 20.5 Å². The number of amides is 2. The fourth-order valence-corrected chi connectivity index (χ4v) is 4.81. The van der Waals surface area contributed by atoms with E-state index in [4.69, 9.17) is 0 Å². The number of nitrogens with zero attached hydrogens (tertiary/aromatic N) is 2. The largest absolute Gasteiger partial charge is 0.371 e. The summed E-state index contributed by atoms with van der Waals surface area (Å²) in [6, 6.07) is 28.9. The summed E-state index contributed by atoms with van der Waals surface area (Å²) in [7, 11) is 0. The van der Waals surface area contributed by atoms with Crippen molar-refractivity contribution in [2.45, 2.75) is 25.3 Å². The molecular weight excluding hydrogens is 460 g/mol. The van der Waals surface area contributed by atoms with Crippen LogP contribution in [0.1, 0.15) is 45.8 Å². The van der Waals surface area contributed by atoms with Gasteiger partial charge in [-0.1, -0.05) is 66.7 Å². The molecule has 37 heavy (non-hydrogen) atoms. The van der Waals surface area contributed by atoms with Crippen molar-refractivity contribution in [2.24, 2.45) is 0 Å². The highest BCUT2D eigenvalue weighted by Gasteiger charge is 2.24. The molecular formula is C31H30N4O2. The number of hydrogen-bond donors (Lipinski definition) is 2. The van der Waals surface area contributed by atoms with E-state index in [0.29, 0.717) is 17.8 Å². The first kappa shape index (κ1) is 24.3. The van der Waals surface area contributed by atoms with Crippen LogP contribution in [0, 0.1) is 0 Å². The van der Waals surface area contributed by atoms with Crippen LogP contribution >= 0.6 is 0 Å². The van der Waals surface area contributed by atoms with Crippen molar-refractivity contribution in [3.8, 4) is 0 Å². The van der Waals surface area contributed by atoms with Crippen LogP contribution in [0.5, 0.6) is 0 Å². The molecule has 0 atom stereocenters. The predicted molar refractivity (Wildman–Crippen MR) is 147 cm³/mol. The zero-order valence-electron chi connectivity index (χ0n) is 20.6. The number of hydrogen-bond acceptors (Lipinski definition) is 4. The molecule has 6 nitrogen and oxygen atoms in total. The molecule has 1 fully saturated rings. The molecule has 1 aliphatic heterocycles. The van der Waals surface area contributed by atoms with Crippen LogP contribution in [-0.4, -0.2) is 29.9 Å². The average Bonchev–Trinajstić information content (AvgIpc) is 3.49. The van der Waals surface area contributed by atoms with Gasteiger partial charge in [-0.25, -0.2) is 0 Å². The lowest BCUT2D eigenvalue weighted by atomic mass is 9.90. The Morgan fingerprint density at radius 3 is 2.14 bits per heavy atom. The molecule has 5 rings (SSSR count). The van der Waals surface area contributed by atoms with Crippen LogP contribution in [0.2, 0.25) is 0 Å². The second kappa shape index (κ2) is 11.5. The van der Waals surface area contributed by atoms with Crippen LogP contribution in [-0.2, 0) is 11.3 Å².